The third-order valence-corrected chi connectivity index (χ3v) is 5.36. The second-order valence-corrected chi connectivity index (χ2v) is 6.75. The van der Waals surface area contributed by atoms with Gasteiger partial charge in [0.15, 0.2) is 0 Å². The molecular weight excluding hydrogens is 292 g/mol. The highest BCUT2D eigenvalue weighted by atomic mass is 16.2. The number of amides is 2. The summed E-state index contributed by atoms with van der Waals surface area (Å²) in [5.41, 5.74) is 2.43. The molecule has 2 heterocycles. The van der Waals surface area contributed by atoms with Gasteiger partial charge in [-0.3, -0.25) is 14.4 Å². The summed E-state index contributed by atoms with van der Waals surface area (Å²) < 4.78 is 0. The number of hydrogen-bond donors (Lipinski definition) is 0. The van der Waals surface area contributed by atoms with Gasteiger partial charge < -0.3 is 9.80 Å². The molecule has 3 aliphatic rings. The Morgan fingerprint density at radius 2 is 1.96 bits per heavy atom. The second kappa shape index (κ2) is 5.48. The van der Waals surface area contributed by atoms with Crippen LogP contribution in [0.15, 0.2) is 24.3 Å². The van der Waals surface area contributed by atoms with Crippen molar-refractivity contribution in [1.82, 2.24) is 9.80 Å². The average molecular weight is 312 g/mol. The topological polar surface area (TPSA) is 57.7 Å². The third-order valence-electron chi connectivity index (χ3n) is 5.36. The van der Waals surface area contributed by atoms with Crippen LogP contribution in [0.3, 0.4) is 0 Å². The van der Waals surface area contributed by atoms with Crippen molar-refractivity contribution in [1.29, 1.82) is 0 Å². The number of piperazine rings is 1. The molecule has 1 unspecified atom stereocenters. The number of Topliss-reactive ketones (excluding diaryl/α,β-unsaturated/α-hetero) is 1. The van der Waals surface area contributed by atoms with Gasteiger partial charge in [0.25, 0.3) is 0 Å². The molecule has 2 fully saturated rings. The SMILES string of the molecule is O=C1CCC(C(=O)N2CC(=O)N3CCc4ccccc4[C@H]3C2)C1. The van der Waals surface area contributed by atoms with Gasteiger partial charge in [-0.05, 0) is 24.0 Å². The van der Waals surface area contributed by atoms with E-state index in [-0.39, 0.29) is 36.1 Å². The summed E-state index contributed by atoms with van der Waals surface area (Å²) >= 11 is 0. The van der Waals surface area contributed by atoms with E-state index < -0.39 is 0 Å². The highest BCUT2D eigenvalue weighted by Crippen LogP contribution is 2.34. The van der Waals surface area contributed by atoms with Crippen molar-refractivity contribution in [2.24, 2.45) is 5.92 Å². The molecule has 0 aromatic heterocycles. The fourth-order valence-electron chi connectivity index (χ4n) is 4.13. The minimum Gasteiger partial charge on any atom is -0.332 e. The molecule has 1 aromatic carbocycles. The van der Waals surface area contributed by atoms with E-state index in [9.17, 15) is 14.4 Å². The Labute approximate surface area is 135 Å². The Bertz CT molecular complexity index is 685. The monoisotopic (exact) mass is 312 g/mol. The largest absolute Gasteiger partial charge is 0.332 e. The number of hydrogen-bond acceptors (Lipinski definition) is 3. The number of carbonyl (C=O) groups excluding carboxylic acids is 3. The van der Waals surface area contributed by atoms with Crippen LogP contribution in [-0.4, -0.2) is 47.0 Å². The minimum absolute atomic E-state index is 0.0214. The maximum Gasteiger partial charge on any atom is 0.242 e. The molecular formula is C18H20N2O3. The summed E-state index contributed by atoms with van der Waals surface area (Å²) in [5.74, 6) is -0.0580. The molecule has 2 atom stereocenters. The molecule has 0 spiro atoms. The van der Waals surface area contributed by atoms with Gasteiger partial charge in [-0.1, -0.05) is 24.3 Å². The van der Waals surface area contributed by atoms with Crippen molar-refractivity contribution in [2.75, 3.05) is 19.6 Å². The van der Waals surface area contributed by atoms with E-state index in [1.165, 1.54) is 5.56 Å². The minimum atomic E-state index is -0.222. The lowest BCUT2D eigenvalue weighted by Crippen LogP contribution is -2.56. The first-order valence-electron chi connectivity index (χ1n) is 8.31. The molecule has 0 radical (unpaired) electrons. The highest BCUT2D eigenvalue weighted by molar-refractivity contribution is 5.92. The van der Waals surface area contributed by atoms with Gasteiger partial charge in [-0.25, -0.2) is 0 Å². The fourth-order valence-corrected chi connectivity index (χ4v) is 4.13. The predicted octanol–water partition coefficient (Wildman–Crippen LogP) is 1.32. The van der Waals surface area contributed by atoms with Crippen molar-refractivity contribution < 1.29 is 14.4 Å². The Balaban J connectivity index is 1.58. The molecule has 1 saturated carbocycles. The molecule has 120 valence electrons. The van der Waals surface area contributed by atoms with Gasteiger partial charge in [0.05, 0.1) is 12.6 Å². The van der Waals surface area contributed by atoms with E-state index >= 15 is 0 Å². The smallest absolute Gasteiger partial charge is 0.242 e. The Morgan fingerprint density at radius 3 is 2.74 bits per heavy atom. The van der Waals surface area contributed by atoms with E-state index in [0.29, 0.717) is 25.8 Å². The lowest BCUT2D eigenvalue weighted by molar-refractivity contribution is -0.151. The van der Waals surface area contributed by atoms with E-state index in [0.717, 1.165) is 18.5 Å². The normalized spacial score (nSPS) is 27.0. The zero-order valence-corrected chi connectivity index (χ0v) is 13.0. The Hall–Kier alpha value is -2.17. The number of carbonyl (C=O) groups is 3. The number of ketones is 1. The van der Waals surface area contributed by atoms with Crippen LogP contribution in [0.5, 0.6) is 0 Å². The first-order valence-corrected chi connectivity index (χ1v) is 8.31. The fraction of sp³-hybridized carbons (Fsp3) is 0.500. The number of rotatable bonds is 1. The molecule has 1 saturated heterocycles. The van der Waals surface area contributed by atoms with E-state index in [1.54, 1.807) is 4.90 Å². The van der Waals surface area contributed by atoms with Crippen LogP contribution in [0.4, 0.5) is 0 Å². The van der Waals surface area contributed by atoms with Crippen LogP contribution in [0.25, 0.3) is 0 Å². The molecule has 23 heavy (non-hydrogen) atoms. The van der Waals surface area contributed by atoms with Gasteiger partial charge in [-0.2, -0.15) is 0 Å². The van der Waals surface area contributed by atoms with Crippen molar-refractivity contribution in [3.05, 3.63) is 35.4 Å². The van der Waals surface area contributed by atoms with Gasteiger partial charge in [0.1, 0.15) is 5.78 Å². The van der Waals surface area contributed by atoms with Crippen LogP contribution in [0.2, 0.25) is 0 Å². The summed E-state index contributed by atoms with van der Waals surface area (Å²) in [4.78, 5) is 40.2. The van der Waals surface area contributed by atoms with E-state index in [1.807, 2.05) is 17.0 Å². The summed E-state index contributed by atoms with van der Waals surface area (Å²) in [6, 6.07) is 8.14. The van der Waals surface area contributed by atoms with Crippen LogP contribution < -0.4 is 0 Å². The first kappa shape index (κ1) is 14.4. The van der Waals surface area contributed by atoms with Crippen LogP contribution in [0.1, 0.15) is 36.4 Å². The Morgan fingerprint density at radius 1 is 1.13 bits per heavy atom. The standard InChI is InChI=1S/C18H20N2O3/c21-14-6-5-13(9-14)18(23)19-10-16-15-4-2-1-3-12(15)7-8-20(16)17(22)11-19/h1-4,13,16H,5-11H2/t13?,16-/m1/s1. The van der Waals surface area contributed by atoms with Gasteiger partial charge >= 0.3 is 0 Å². The molecule has 0 bridgehead atoms. The van der Waals surface area contributed by atoms with Crippen molar-refractivity contribution in [3.8, 4) is 0 Å². The van der Waals surface area contributed by atoms with Gasteiger partial charge in [0, 0.05) is 31.8 Å². The predicted molar refractivity (Wildman–Crippen MR) is 83.5 cm³/mol. The third kappa shape index (κ3) is 2.44. The maximum atomic E-state index is 12.7. The summed E-state index contributed by atoms with van der Waals surface area (Å²) in [7, 11) is 0. The zero-order chi connectivity index (χ0) is 16.0. The molecule has 2 amide bonds. The van der Waals surface area contributed by atoms with Crippen LogP contribution in [0, 0.1) is 5.92 Å². The molecule has 4 rings (SSSR count). The zero-order valence-electron chi connectivity index (χ0n) is 13.0. The quantitative estimate of drug-likeness (QED) is 0.786. The molecule has 5 nitrogen and oxygen atoms in total. The van der Waals surface area contributed by atoms with Crippen molar-refractivity contribution >= 4 is 17.6 Å². The summed E-state index contributed by atoms with van der Waals surface area (Å²) in [5, 5.41) is 0. The second-order valence-electron chi connectivity index (χ2n) is 6.75. The van der Waals surface area contributed by atoms with Crippen molar-refractivity contribution in [2.45, 2.75) is 31.7 Å². The number of benzene rings is 1. The summed E-state index contributed by atoms with van der Waals surface area (Å²) in [6.45, 7) is 1.43. The van der Waals surface area contributed by atoms with E-state index in [4.69, 9.17) is 0 Å². The average Bonchev–Trinajstić information content (AvgIpc) is 3.00. The molecule has 1 aliphatic carbocycles. The Kier molecular flexibility index (Phi) is 3.43. The van der Waals surface area contributed by atoms with Gasteiger partial charge in [0.2, 0.25) is 11.8 Å². The van der Waals surface area contributed by atoms with E-state index in [2.05, 4.69) is 12.1 Å². The lowest BCUT2D eigenvalue weighted by Gasteiger charge is -2.45. The highest BCUT2D eigenvalue weighted by Gasteiger charge is 2.41. The van der Waals surface area contributed by atoms with Crippen LogP contribution >= 0.6 is 0 Å². The van der Waals surface area contributed by atoms with Gasteiger partial charge in [-0.15, -0.1) is 0 Å². The number of fused-ring (bicyclic) bond motifs is 3. The van der Waals surface area contributed by atoms with Crippen molar-refractivity contribution in [3.63, 3.8) is 0 Å². The van der Waals surface area contributed by atoms with Crippen LogP contribution in [-0.2, 0) is 20.8 Å². The molecule has 5 heteroatoms. The lowest BCUT2D eigenvalue weighted by atomic mass is 9.90. The molecule has 1 aromatic rings. The maximum absolute atomic E-state index is 12.7. The first-order chi connectivity index (χ1) is 11.1. The molecule has 2 aliphatic heterocycles. The number of nitrogens with zero attached hydrogens (tertiary/aromatic N) is 2. The molecule has 0 N–H and O–H groups in total. The summed E-state index contributed by atoms with van der Waals surface area (Å²) in [6.07, 6.45) is 2.35.